The van der Waals surface area contributed by atoms with Crippen LogP contribution in [0.4, 0.5) is 4.69 Å². The van der Waals surface area contributed by atoms with E-state index in [9.17, 15) is 0 Å². The summed E-state index contributed by atoms with van der Waals surface area (Å²) in [7, 11) is 0. The van der Waals surface area contributed by atoms with E-state index in [0.717, 1.165) is 0 Å². The van der Waals surface area contributed by atoms with Gasteiger partial charge in [-0.1, -0.05) is 0 Å². The van der Waals surface area contributed by atoms with Gasteiger partial charge in [0.25, 0.3) is 0 Å². The van der Waals surface area contributed by atoms with Crippen molar-refractivity contribution in [1.29, 1.82) is 0 Å². The fourth-order valence-electron chi connectivity index (χ4n) is 0.182. The standard InChI is InChI=1S/C2H3N3Se/c3-2-5-4-1-6-2/h1H,(H2,3,5). The fraction of sp³-hybridized carbons (Fsp3) is 0. The molecule has 0 unspecified atom stereocenters. The van der Waals surface area contributed by atoms with E-state index in [1.165, 1.54) is 0 Å². The summed E-state index contributed by atoms with van der Waals surface area (Å²) >= 11 is 0.264. The van der Waals surface area contributed by atoms with Gasteiger partial charge in [-0.3, -0.25) is 0 Å². The molecule has 1 heterocycles. The summed E-state index contributed by atoms with van der Waals surface area (Å²) < 4.78 is 0.669. The molecule has 2 N–H and O–H groups in total. The molecule has 0 aromatic carbocycles. The number of rotatable bonds is 0. The first kappa shape index (κ1) is 3.84. The molecule has 1 aromatic heterocycles. The second-order valence-electron chi connectivity index (χ2n) is 0.777. The maximum atomic E-state index is 5.19. The topological polar surface area (TPSA) is 51.8 Å². The van der Waals surface area contributed by atoms with Crippen LogP contribution < -0.4 is 5.73 Å². The predicted octanol–water partition coefficient (Wildman–Crippen LogP) is -0.884. The Morgan fingerprint density at radius 1 is 1.83 bits per heavy atom. The van der Waals surface area contributed by atoms with Gasteiger partial charge in [0, 0.05) is 0 Å². The zero-order valence-electron chi connectivity index (χ0n) is 2.96. The summed E-state index contributed by atoms with van der Waals surface area (Å²) in [4.78, 5) is 0. The van der Waals surface area contributed by atoms with Crippen LogP contribution in [0.25, 0.3) is 0 Å². The quantitative estimate of drug-likeness (QED) is 0.486. The monoisotopic (exact) mass is 149 g/mol. The molecule has 4 heteroatoms. The first-order valence-electron chi connectivity index (χ1n) is 1.41. The Morgan fingerprint density at radius 3 is 2.83 bits per heavy atom. The van der Waals surface area contributed by atoms with Gasteiger partial charge in [0.05, 0.1) is 0 Å². The molecule has 0 spiro atoms. The van der Waals surface area contributed by atoms with Crippen LogP contribution in [-0.2, 0) is 0 Å². The summed E-state index contributed by atoms with van der Waals surface area (Å²) in [5.41, 5.74) is 5.19. The van der Waals surface area contributed by atoms with Gasteiger partial charge in [-0.2, -0.15) is 0 Å². The van der Waals surface area contributed by atoms with Crippen molar-refractivity contribution in [2.45, 2.75) is 0 Å². The van der Waals surface area contributed by atoms with Crippen LogP contribution in [0.2, 0.25) is 0 Å². The molecule has 0 fully saturated rings. The number of nitrogens with zero attached hydrogens (tertiary/aromatic N) is 2. The Labute approximate surface area is 40.9 Å². The average Bonchev–Trinajstić information content (AvgIpc) is 1.86. The van der Waals surface area contributed by atoms with Crippen LogP contribution in [0.1, 0.15) is 0 Å². The Hall–Kier alpha value is -0.341. The normalized spacial score (nSPS) is 8.67. The van der Waals surface area contributed by atoms with Crippen molar-refractivity contribution < 1.29 is 0 Å². The molecule has 0 aliphatic heterocycles. The van der Waals surface area contributed by atoms with Gasteiger partial charge in [-0.25, -0.2) is 0 Å². The molecule has 1 aromatic rings. The number of hydrogen-bond acceptors (Lipinski definition) is 3. The predicted molar refractivity (Wildman–Crippen MR) is 23.4 cm³/mol. The van der Waals surface area contributed by atoms with Crippen LogP contribution >= 0.6 is 0 Å². The van der Waals surface area contributed by atoms with E-state index in [1.807, 2.05) is 0 Å². The van der Waals surface area contributed by atoms with Crippen LogP contribution in [0, 0.1) is 0 Å². The molecule has 3 nitrogen and oxygen atoms in total. The zero-order valence-corrected chi connectivity index (χ0v) is 4.67. The van der Waals surface area contributed by atoms with E-state index in [4.69, 9.17) is 5.73 Å². The molecular formula is C2H3N3Se. The molecule has 0 bridgehead atoms. The van der Waals surface area contributed by atoms with Crippen molar-refractivity contribution in [1.82, 2.24) is 10.2 Å². The zero-order chi connectivity index (χ0) is 4.41. The van der Waals surface area contributed by atoms with Gasteiger partial charge in [0.2, 0.25) is 0 Å². The third-order valence-electron chi connectivity index (χ3n) is 0.377. The van der Waals surface area contributed by atoms with Gasteiger partial charge in [0.1, 0.15) is 0 Å². The molecule has 0 aliphatic rings. The van der Waals surface area contributed by atoms with Gasteiger partial charge in [-0.15, -0.1) is 0 Å². The summed E-state index contributed by atoms with van der Waals surface area (Å²) in [6, 6.07) is 0. The molecule has 0 saturated carbocycles. The Morgan fingerprint density at radius 2 is 2.67 bits per heavy atom. The fourth-order valence-corrected chi connectivity index (χ4v) is 0.804. The summed E-state index contributed by atoms with van der Waals surface area (Å²) in [6.07, 6.45) is 0. The van der Waals surface area contributed by atoms with Gasteiger partial charge < -0.3 is 0 Å². The molecule has 0 aliphatic carbocycles. The van der Waals surface area contributed by atoms with Crippen LogP contribution in [0.5, 0.6) is 0 Å². The van der Waals surface area contributed by atoms with Gasteiger partial charge in [0.15, 0.2) is 0 Å². The average molecular weight is 148 g/mol. The van der Waals surface area contributed by atoms with E-state index in [0.29, 0.717) is 4.69 Å². The number of nitrogen functional groups attached to an aromatic ring is 1. The Kier molecular flexibility index (Phi) is 0.900. The number of hydrogen-bond donors (Lipinski definition) is 1. The van der Waals surface area contributed by atoms with Crippen molar-refractivity contribution in [2.75, 3.05) is 5.73 Å². The van der Waals surface area contributed by atoms with Gasteiger partial charge >= 0.3 is 40.2 Å². The van der Waals surface area contributed by atoms with Crippen molar-refractivity contribution in [3.05, 3.63) is 5.07 Å². The molecule has 0 radical (unpaired) electrons. The SMILES string of the molecule is Nc1nnc[se]1. The minimum atomic E-state index is 0.264. The second kappa shape index (κ2) is 1.41. The summed E-state index contributed by atoms with van der Waals surface area (Å²) in [6.45, 7) is 0. The van der Waals surface area contributed by atoms with Crippen molar-refractivity contribution >= 4 is 19.2 Å². The summed E-state index contributed by atoms with van der Waals surface area (Å²) in [5, 5.41) is 8.80. The number of aromatic nitrogens is 2. The van der Waals surface area contributed by atoms with Crippen molar-refractivity contribution in [3.8, 4) is 0 Å². The molecule has 0 amide bonds. The van der Waals surface area contributed by atoms with Crippen LogP contribution in [0.15, 0.2) is 5.07 Å². The van der Waals surface area contributed by atoms with E-state index in [2.05, 4.69) is 10.2 Å². The maximum absolute atomic E-state index is 5.19. The summed E-state index contributed by atoms with van der Waals surface area (Å²) in [5.74, 6) is 0. The van der Waals surface area contributed by atoms with E-state index < -0.39 is 0 Å². The van der Waals surface area contributed by atoms with Crippen molar-refractivity contribution in [3.63, 3.8) is 0 Å². The molecule has 6 heavy (non-hydrogen) atoms. The van der Waals surface area contributed by atoms with E-state index >= 15 is 0 Å². The first-order chi connectivity index (χ1) is 2.89. The minimum absolute atomic E-state index is 0.264. The first-order valence-corrected chi connectivity index (χ1v) is 3.26. The van der Waals surface area contributed by atoms with Crippen molar-refractivity contribution in [2.24, 2.45) is 0 Å². The second-order valence-corrected chi connectivity index (χ2v) is 2.59. The molecule has 0 saturated heterocycles. The number of nitrogens with two attached hydrogens (primary N) is 1. The number of anilines is 1. The van der Waals surface area contributed by atoms with E-state index in [1.54, 1.807) is 5.07 Å². The molecule has 0 atom stereocenters. The van der Waals surface area contributed by atoms with Crippen LogP contribution in [0.3, 0.4) is 0 Å². The molecule has 32 valence electrons. The van der Waals surface area contributed by atoms with E-state index in [-0.39, 0.29) is 14.5 Å². The van der Waals surface area contributed by atoms with Gasteiger partial charge in [-0.05, 0) is 0 Å². The third kappa shape index (κ3) is 0.584. The Balaban J connectivity index is 3.05. The van der Waals surface area contributed by atoms with Crippen LogP contribution in [-0.4, -0.2) is 24.7 Å². The molecule has 1 rings (SSSR count). The third-order valence-corrected chi connectivity index (χ3v) is 1.47. The Bertz CT molecular complexity index is 112. The molecular weight excluding hydrogens is 145 g/mol.